The number of ether oxygens (including phenoxy) is 1. The third kappa shape index (κ3) is 9.00. The average molecular weight is 773 g/mol. The second kappa shape index (κ2) is 16.1. The third-order valence-corrected chi connectivity index (χ3v) is 11.1. The van der Waals surface area contributed by atoms with Gasteiger partial charge in [-0.3, -0.25) is 19.8 Å². The fourth-order valence-corrected chi connectivity index (χ4v) is 7.98. The SMILES string of the molecule is CC(C)(C)OC1CN(C(=O)NCc2ccc(-c3ncnn4cc(-c5ccc(CN6CCC(c7ccc(NC8CCC(=O)NC8=O)cc7)CC6)cc5)cc34)cc2F)C1. The Bertz CT molecular complexity index is 2260. The molecule has 8 rings (SSSR count). The summed E-state index contributed by atoms with van der Waals surface area (Å²) < 4.78 is 23.0. The molecule has 2 aromatic heterocycles. The summed E-state index contributed by atoms with van der Waals surface area (Å²) in [6, 6.07) is 23.4. The van der Waals surface area contributed by atoms with Gasteiger partial charge in [0.25, 0.3) is 0 Å². The van der Waals surface area contributed by atoms with E-state index < -0.39 is 5.82 Å². The zero-order chi connectivity index (χ0) is 39.7. The lowest BCUT2D eigenvalue weighted by molar-refractivity contribution is -0.133. The van der Waals surface area contributed by atoms with E-state index in [1.54, 1.807) is 15.5 Å². The Morgan fingerprint density at radius 2 is 1.67 bits per heavy atom. The van der Waals surface area contributed by atoms with Gasteiger partial charge in [-0.05, 0) is 100.0 Å². The molecule has 4 amide bonds. The maximum atomic E-state index is 15.3. The summed E-state index contributed by atoms with van der Waals surface area (Å²) >= 11 is 0. The van der Waals surface area contributed by atoms with Crippen molar-refractivity contribution in [1.29, 1.82) is 0 Å². The van der Waals surface area contributed by atoms with Gasteiger partial charge in [0.15, 0.2) is 0 Å². The van der Waals surface area contributed by atoms with Crippen molar-refractivity contribution in [3.8, 4) is 22.4 Å². The topological polar surface area (TPSA) is 133 Å². The second-order valence-electron chi connectivity index (χ2n) is 16.4. The van der Waals surface area contributed by atoms with E-state index >= 15 is 4.39 Å². The van der Waals surface area contributed by atoms with Gasteiger partial charge >= 0.3 is 6.03 Å². The lowest BCUT2D eigenvalue weighted by atomic mass is 9.89. The smallest absolute Gasteiger partial charge is 0.317 e. The molecule has 1 atom stereocenters. The van der Waals surface area contributed by atoms with Crippen molar-refractivity contribution < 1.29 is 23.5 Å². The second-order valence-corrected chi connectivity index (χ2v) is 16.4. The molecule has 3 N–H and O–H groups in total. The van der Waals surface area contributed by atoms with Gasteiger partial charge in [0, 0.05) is 48.1 Å². The number of rotatable bonds is 10. The molecule has 1 unspecified atom stereocenters. The number of carbonyl (C=O) groups is 3. The minimum absolute atomic E-state index is 0.0172. The molecule has 0 spiro atoms. The van der Waals surface area contributed by atoms with Gasteiger partial charge in [0.05, 0.1) is 36.0 Å². The van der Waals surface area contributed by atoms with Gasteiger partial charge < -0.3 is 20.3 Å². The van der Waals surface area contributed by atoms with Crippen LogP contribution in [-0.2, 0) is 27.4 Å². The fraction of sp³-hybridized carbons (Fsp3) is 0.386. The highest BCUT2D eigenvalue weighted by Crippen LogP contribution is 2.32. The molecule has 296 valence electrons. The molecule has 13 heteroatoms. The number of halogens is 1. The van der Waals surface area contributed by atoms with E-state index in [0.29, 0.717) is 48.7 Å². The first-order chi connectivity index (χ1) is 27.4. The highest BCUT2D eigenvalue weighted by molar-refractivity contribution is 6.01. The van der Waals surface area contributed by atoms with Gasteiger partial charge in [-0.25, -0.2) is 18.7 Å². The van der Waals surface area contributed by atoms with E-state index in [2.05, 4.69) is 67.3 Å². The number of nitrogens with one attached hydrogen (secondary N) is 3. The van der Waals surface area contributed by atoms with Crippen LogP contribution in [0.2, 0.25) is 0 Å². The van der Waals surface area contributed by atoms with Crippen molar-refractivity contribution in [2.45, 2.75) is 83.2 Å². The predicted octanol–water partition coefficient (Wildman–Crippen LogP) is 6.51. The molecule has 12 nitrogen and oxygen atoms in total. The molecule has 3 aliphatic heterocycles. The molecule has 3 aromatic carbocycles. The van der Waals surface area contributed by atoms with Crippen LogP contribution >= 0.6 is 0 Å². The van der Waals surface area contributed by atoms with Crippen LogP contribution in [0.3, 0.4) is 0 Å². The van der Waals surface area contributed by atoms with Crippen LogP contribution in [0, 0.1) is 5.82 Å². The number of carbonyl (C=O) groups excluding carboxylic acids is 3. The summed E-state index contributed by atoms with van der Waals surface area (Å²) in [5.41, 5.74) is 7.65. The Morgan fingerprint density at radius 3 is 2.37 bits per heavy atom. The van der Waals surface area contributed by atoms with Gasteiger partial charge in [0.2, 0.25) is 11.8 Å². The van der Waals surface area contributed by atoms with Crippen molar-refractivity contribution in [1.82, 2.24) is 35.0 Å². The lowest BCUT2D eigenvalue weighted by Gasteiger charge is -2.41. The monoisotopic (exact) mass is 772 g/mol. The first-order valence-electron chi connectivity index (χ1n) is 19.8. The Labute approximate surface area is 331 Å². The number of anilines is 1. The van der Waals surface area contributed by atoms with Crippen LogP contribution in [0.4, 0.5) is 14.9 Å². The molecule has 3 aliphatic rings. The minimum atomic E-state index is -0.413. The van der Waals surface area contributed by atoms with Crippen LogP contribution in [-0.4, -0.2) is 86.2 Å². The largest absolute Gasteiger partial charge is 0.374 e. The van der Waals surface area contributed by atoms with Crippen molar-refractivity contribution in [3.05, 3.63) is 108 Å². The van der Waals surface area contributed by atoms with E-state index in [9.17, 15) is 14.4 Å². The average Bonchev–Trinajstić information content (AvgIpc) is 3.62. The summed E-state index contributed by atoms with van der Waals surface area (Å²) in [6.07, 6.45) is 6.48. The van der Waals surface area contributed by atoms with Gasteiger partial charge in [-0.2, -0.15) is 5.10 Å². The summed E-state index contributed by atoms with van der Waals surface area (Å²) in [7, 11) is 0. The van der Waals surface area contributed by atoms with Crippen molar-refractivity contribution in [2.75, 3.05) is 31.5 Å². The van der Waals surface area contributed by atoms with E-state index in [0.717, 1.165) is 54.8 Å². The Kier molecular flexibility index (Phi) is 10.8. The number of urea groups is 1. The van der Waals surface area contributed by atoms with Crippen molar-refractivity contribution in [2.24, 2.45) is 0 Å². The molecule has 0 bridgehead atoms. The molecular formula is C44H49FN8O4. The number of aromatic nitrogens is 3. The molecule has 5 heterocycles. The quantitative estimate of drug-likeness (QED) is 0.137. The standard InChI is InChI=1S/C44H49FN8O4/c1-44(2,3)57-36-25-52(26-36)43(56)46-22-33-9-8-32(20-37(33)45)41-39-21-34(24-53(39)48-27-47-41)30-6-4-28(5-7-30)23-51-18-16-31(17-19-51)29-10-12-35(13-11-29)49-38-14-15-40(54)50-42(38)55/h4-13,20-21,24,27,31,36,38,49H,14-19,22-23,25-26H2,1-3H3,(H,46,56)(H,50,54,55). The van der Waals surface area contributed by atoms with E-state index in [-0.39, 0.29) is 42.1 Å². The molecule has 5 aromatic rings. The van der Waals surface area contributed by atoms with Crippen molar-refractivity contribution >= 4 is 29.0 Å². The van der Waals surface area contributed by atoms with Gasteiger partial charge in [-0.1, -0.05) is 48.5 Å². The molecular weight excluding hydrogens is 724 g/mol. The van der Waals surface area contributed by atoms with E-state index in [1.807, 2.05) is 51.2 Å². The number of piperidine rings is 2. The van der Waals surface area contributed by atoms with Crippen LogP contribution in [0.1, 0.15) is 69.1 Å². The maximum absolute atomic E-state index is 15.3. The summed E-state index contributed by atoms with van der Waals surface area (Å²) in [4.78, 5) is 44.9. The normalized spacial score (nSPS) is 18.4. The molecule has 3 fully saturated rings. The zero-order valence-electron chi connectivity index (χ0n) is 32.6. The number of hydrogen-bond donors (Lipinski definition) is 3. The summed E-state index contributed by atoms with van der Waals surface area (Å²) in [5, 5.41) is 12.9. The number of hydrogen-bond acceptors (Lipinski definition) is 8. The van der Waals surface area contributed by atoms with Crippen LogP contribution in [0.15, 0.2) is 85.3 Å². The Hall–Kier alpha value is -5.66. The maximum Gasteiger partial charge on any atom is 0.317 e. The minimum Gasteiger partial charge on any atom is -0.374 e. The number of benzene rings is 3. The van der Waals surface area contributed by atoms with E-state index in [1.165, 1.54) is 23.5 Å². The number of likely N-dealkylation sites (tertiary alicyclic amines) is 2. The summed E-state index contributed by atoms with van der Waals surface area (Å²) in [5.74, 6) is -0.394. The number of nitrogens with zero attached hydrogens (tertiary/aromatic N) is 5. The predicted molar refractivity (Wildman–Crippen MR) is 216 cm³/mol. The van der Waals surface area contributed by atoms with Crippen LogP contribution in [0.25, 0.3) is 27.9 Å². The lowest BCUT2D eigenvalue weighted by Crippen LogP contribution is -2.59. The van der Waals surface area contributed by atoms with Crippen LogP contribution in [0.5, 0.6) is 0 Å². The Balaban J connectivity index is 0.837. The van der Waals surface area contributed by atoms with Crippen molar-refractivity contribution in [3.63, 3.8) is 0 Å². The molecule has 3 saturated heterocycles. The fourth-order valence-electron chi connectivity index (χ4n) is 7.98. The Morgan fingerprint density at radius 1 is 0.930 bits per heavy atom. The number of imide groups is 1. The molecule has 0 saturated carbocycles. The number of amides is 4. The number of fused-ring (bicyclic) bond motifs is 1. The van der Waals surface area contributed by atoms with E-state index in [4.69, 9.17) is 4.74 Å². The highest BCUT2D eigenvalue weighted by atomic mass is 19.1. The molecule has 0 aliphatic carbocycles. The van der Waals surface area contributed by atoms with Gasteiger partial charge in [0.1, 0.15) is 18.2 Å². The first-order valence-corrected chi connectivity index (χ1v) is 19.8. The van der Waals surface area contributed by atoms with Gasteiger partial charge in [-0.15, -0.1) is 0 Å². The zero-order valence-corrected chi connectivity index (χ0v) is 32.6. The molecule has 0 radical (unpaired) electrons. The van der Waals surface area contributed by atoms with Crippen LogP contribution < -0.4 is 16.0 Å². The third-order valence-electron chi connectivity index (χ3n) is 11.1. The highest BCUT2D eigenvalue weighted by Gasteiger charge is 2.34. The first kappa shape index (κ1) is 38.2. The molecule has 57 heavy (non-hydrogen) atoms. The summed E-state index contributed by atoms with van der Waals surface area (Å²) in [6.45, 7) is 10.0.